The van der Waals surface area contributed by atoms with Crippen LogP contribution in [0.4, 0.5) is 18.0 Å². The number of nitrogens with zero attached hydrogens (tertiary/aromatic N) is 2. The summed E-state index contributed by atoms with van der Waals surface area (Å²) in [5.74, 6) is 0. The molecule has 1 atom stereocenters. The third kappa shape index (κ3) is 3.67. The minimum absolute atomic E-state index is 0.0174. The molecule has 2 rings (SSSR count). The molecule has 1 aliphatic heterocycles. The van der Waals surface area contributed by atoms with Gasteiger partial charge in [-0.05, 0) is 41.1 Å². The Balaban J connectivity index is 2.36. The smallest absolute Gasteiger partial charge is 0.416 e. The number of rotatable bonds is 2. The van der Waals surface area contributed by atoms with Crippen LogP contribution in [-0.2, 0) is 16.2 Å². The Morgan fingerprint density at radius 3 is 2.46 bits per heavy atom. The van der Waals surface area contributed by atoms with E-state index in [1.165, 1.54) is 6.92 Å². The fraction of sp³-hybridized carbons (Fsp3) is 0.462. The molecule has 1 aliphatic rings. The number of hydrogen-bond acceptors (Lipinski definition) is 3. The molecule has 0 bridgehead atoms. The van der Waals surface area contributed by atoms with Crippen molar-refractivity contribution < 1.29 is 31.5 Å². The van der Waals surface area contributed by atoms with Gasteiger partial charge in [0.2, 0.25) is 10.0 Å². The molecule has 1 aromatic rings. The Hall–Kier alpha value is -1.33. The van der Waals surface area contributed by atoms with Gasteiger partial charge in [0.15, 0.2) is 0 Å². The van der Waals surface area contributed by atoms with E-state index in [4.69, 9.17) is 5.11 Å². The van der Waals surface area contributed by atoms with E-state index in [0.717, 1.165) is 21.3 Å². The third-order valence-electron chi connectivity index (χ3n) is 3.71. The zero-order chi connectivity index (χ0) is 18.3. The van der Waals surface area contributed by atoms with E-state index in [1.807, 2.05) is 0 Å². The Labute approximate surface area is 145 Å². The minimum atomic E-state index is -4.67. The number of carboxylic acid groups (broad SMARTS) is 1. The highest BCUT2D eigenvalue weighted by Gasteiger charge is 2.37. The van der Waals surface area contributed by atoms with Crippen molar-refractivity contribution in [1.82, 2.24) is 9.21 Å². The maximum Gasteiger partial charge on any atom is 0.416 e. The van der Waals surface area contributed by atoms with Crippen LogP contribution in [0.2, 0.25) is 0 Å². The number of benzene rings is 1. The number of hydrogen-bond donors (Lipinski definition) is 1. The van der Waals surface area contributed by atoms with Crippen LogP contribution in [0.5, 0.6) is 0 Å². The number of amides is 1. The summed E-state index contributed by atoms with van der Waals surface area (Å²) >= 11 is 2.97. The average molecular weight is 431 g/mol. The van der Waals surface area contributed by atoms with E-state index in [0.29, 0.717) is 6.07 Å². The van der Waals surface area contributed by atoms with E-state index in [2.05, 4.69) is 15.9 Å². The largest absolute Gasteiger partial charge is 0.465 e. The molecule has 11 heteroatoms. The summed E-state index contributed by atoms with van der Waals surface area (Å²) in [5.41, 5.74) is -1.07. The molecule has 1 amide bonds. The van der Waals surface area contributed by atoms with Gasteiger partial charge in [0.05, 0.1) is 10.5 Å². The third-order valence-corrected chi connectivity index (χ3v) is 6.57. The zero-order valence-corrected chi connectivity index (χ0v) is 14.8. The van der Waals surface area contributed by atoms with Crippen molar-refractivity contribution in [1.29, 1.82) is 0 Å². The molecule has 1 aromatic carbocycles. The van der Waals surface area contributed by atoms with Crippen molar-refractivity contribution in [2.75, 3.05) is 19.6 Å². The van der Waals surface area contributed by atoms with E-state index in [9.17, 15) is 26.4 Å². The van der Waals surface area contributed by atoms with Gasteiger partial charge in [-0.1, -0.05) is 0 Å². The molecule has 1 saturated heterocycles. The molecule has 24 heavy (non-hydrogen) atoms. The van der Waals surface area contributed by atoms with E-state index >= 15 is 0 Å². The maximum atomic E-state index is 12.8. The molecule has 0 saturated carbocycles. The molecule has 0 aromatic heterocycles. The first-order valence-electron chi connectivity index (χ1n) is 6.81. The topological polar surface area (TPSA) is 77.9 Å². The lowest BCUT2D eigenvalue weighted by molar-refractivity contribution is -0.137. The number of piperazine rings is 1. The fourth-order valence-electron chi connectivity index (χ4n) is 2.44. The van der Waals surface area contributed by atoms with Gasteiger partial charge in [-0.3, -0.25) is 0 Å². The van der Waals surface area contributed by atoms with E-state index in [1.54, 1.807) is 0 Å². The summed E-state index contributed by atoms with van der Waals surface area (Å²) in [6.45, 7) is 1.24. The minimum Gasteiger partial charge on any atom is -0.465 e. The molecule has 0 spiro atoms. The predicted molar refractivity (Wildman–Crippen MR) is 82.1 cm³/mol. The van der Waals surface area contributed by atoms with Crippen LogP contribution < -0.4 is 0 Å². The Bertz CT molecular complexity index is 754. The average Bonchev–Trinajstić information content (AvgIpc) is 2.45. The van der Waals surface area contributed by atoms with Crippen LogP contribution in [-0.4, -0.2) is 54.5 Å². The molecule has 134 valence electrons. The molecule has 1 fully saturated rings. The van der Waals surface area contributed by atoms with Crippen molar-refractivity contribution in [2.45, 2.75) is 24.0 Å². The highest BCUT2D eigenvalue weighted by Crippen LogP contribution is 2.34. The molecule has 1 N–H and O–H groups in total. The lowest BCUT2D eigenvalue weighted by Gasteiger charge is -2.37. The summed E-state index contributed by atoms with van der Waals surface area (Å²) in [4.78, 5) is 11.6. The molecule has 0 radical (unpaired) electrons. The first-order valence-corrected chi connectivity index (χ1v) is 9.04. The van der Waals surface area contributed by atoms with Crippen molar-refractivity contribution in [3.05, 3.63) is 28.2 Å². The van der Waals surface area contributed by atoms with Gasteiger partial charge < -0.3 is 10.0 Å². The lowest BCUT2D eigenvalue weighted by Crippen LogP contribution is -2.55. The summed E-state index contributed by atoms with van der Waals surface area (Å²) in [6.07, 6.45) is -5.83. The van der Waals surface area contributed by atoms with Gasteiger partial charge in [0.1, 0.15) is 0 Å². The van der Waals surface area contributed by atoms with Crippen LogP contribution in [0.1, 0.15) is 12.5 Å². The Kier molecular flexibility index (Phi) is 5.17. The Morgan fingerprint density at radius 2 is 1.96 bits per heavy atom. The number of halogens is 4. The van der Waals surface area contributed by atoms with Crippen LogP contribution in [0.25, 0.3) is 0 Å². The maximum absolute atomic E-state index is 12.8. The molecular formula is C13H14BrF3N2O4S. The van der Waals surface area contributed by atoms with Gasteiger partial charge in [-0.25, -0.2) is 13.2 Å². The molecule has 0 aliphatic carbocycles. The molecule has 0 unspecified atom stereocenters. The van der Waals surface area contributed by atoms with Crippen LogP contribution in [0, 0.1) is 0 Å². The number of carbonyl (C=O) groups is 1. The van der Waals surface area contributed by atoms with Crippen LogP contribution >= 0.6 is 15.9 Å². The van der Waals surface area contributed by atoms with E-state index in [-0.39, 0.29) is 24.1 Å². The fourth-order valence-corrected chi connectivity index (χ4v) is 4.91. The quantitative estimate of drug-likeness (QED) is 0.782. The standard InChI is InChI=1S/C13H14BrF3N2O4S/c1-8-7-18(4-5-19(8)12(20)21)24(22,23)11-6-9(13(15,16)17)2-3-10(11)14/h2-3,6,8H,4-5,7H2,1H3,(H,20,21)/t8-/m0/s1. The lowest BCUT2D eigenvalue weighted by atomic mass is 10.2. The summed E-state index contributed by atoms with van der Waals surface area (Å²) in [7, 11) is -4.19. The van der Waals surface area contributed by atoms with Crippen molar-refractivity contribution in [3.8, 4) is 0 Å². The SMILES string of the molecule is C[C@H]1CN(S(=O)(=O)c2cc(C(F)(F)F)ccc2Br)CCN1C(=O)O. The second-order valence-electron chi connectivity index (χ2n) is 5.33. The first kappa shape index (κ1) is 19.0. The van der Waals surface area contributed by atoms with Crippen molar-refractivity contribution >= 4 is 32.0 Å². The summed E-state index contributed by atoms with van der Waals surface area (Å²) < 4.78 is 64.9. The first-order chi connectivity index (χ1) is 10.9. The zero-order valence-electron chi connectivity index (χ0n) is 12.4. The van der Waals surface area contributed by atoms with Gasteiger partial charge in [-0.2, -0.15) is 17.5 Å². The normalized spacial score (nSPS) is 20.2. The molecular weight excluding hydrogens is 417 g/mol. The second-order valence-corrected chi connectivity index (χ2v) is 8.09. The molecule has 1 heterocycles. The monoisotopic (exact) mass is 430 g/mol. The highest BCUT2D eigenvalue weighted by atomic mass is 79.9. The van der Waals surface area contributed by atoms with Crippen molar-refractivity contribution in [3.63, 3.8) is 0 Å². The summed E-state index contributed by atoms with van der Waals surface area (Å²) in [5, 5.41) is 9.01. The molecule has 6 nitrogen and oxygen atoms in total. The highest BCUT2D eigenvalue weighted by molar-refractivity contribution is 9.10. The number of alkyl halides is 3. The van der Waals surface area contributed by atoms with Gasteiger partial charge in [0.25, 0.3) is 0 Å². The van der Waals surface area contributed by atoms with E-state index < -0.39 is 38.8 Å². The van der Waals surface area contributed by atoms with Gasteiger partial charge in [-0.15, -0.1) is 0 Å². The van der Waals surface area contributed by atoms with Gasteiger partial charge in [0, 0.05) is 30.1 Å². The predicted octanol–water partition coefficient (Wildman–Crippen LogP) is 2.84. The van der Waals surface area contributed by atoms with Crippen LogP contribution in [0.15, 0.2) is 27.6 Å². The van der Waals surface area contributed by atoms with Gasteiger partial charge >= 0.3 is 12.3 Å². The van der Waals surface area contributed by atoms with Crippen molar-refractivity contribution in [2.24, 2.45) is 0 Å². The van der Waals surface area contributed by atoms with Crippen LogP contribution in [0.3, 0.4) is 0 Å². The summed E-state index contributed by atoms with van der Waals surface area (Å²) in [6, 6.07) is 1.80. The second kappa shape index (κ2) is 6.52. The number of sulfonamides is 1. The Morgan fingerprint density at radius 1 is 1.33 bits per heavy atom.